The average Bonchev–Trinajstić information content (AvgIpc) is 2.77. The van der Waals surface area contributed by atoms with Crippen LogP contribution in [0.15, 0.2) is 22.7 Å². The minimum Gasteiger partial charge on any atom is -0.496 e. The van der Waals surface area contributed by atoms with Gasteiger partial charge in [0.15, 0.2) is 0 Å². The van der Waals surface area contributed by atoms with Gasteiger partial charge in [0.05, 0.1) is 17.3 Å². The maximum atomic E-state index is 5.26. The summed E-state index contributed by atoms with van der Waals surface area (Å²) in [6, 6.07) is 6.07. The van der Waals surface area contributed by atoms with Crippen LogP contribution in [0.4, 0.5) is 5.95 Å². The van der Waals surface area contributed by atoms with Gasteiger partial charge in [0.1, 0.15) is 5.75 Å². The Morgan fingerprint density at radius 2 is 2.26 bits per heavy atom. The van der Waals surface area contributed by atoms with E-state index in [9.17, 15) is 0 Å². The van der Waals surface area contributed by atoms with E-state index < -0.39 is 0 Å². The van der Waals surface area contributed by atoms with Crippen molar-refractivity contribution in [1.29, 1.82) is 0 Å². The molecule has 0 saturated heterocycles. The van der Waals surface area contributed by atoms with Crippen LogP contribution in [0.5, 0.6) is 5.75 Å². The first-order valence-corrected chi connectivity index (χ1v) is 7.15. The zero-order chi connectivity index (χ0) is 13.4. The van der Waals surface area contributed by atoms with E-state index in [-0.39, 0.29) is 0 Å². The molecule has 100 valence electrons. The highest BCUT2D eigenvalue weighted by Crippen LogP contribution is 2.33. The van der Waals surface area contributed by atoms with Crippen molar-refractivity contribution in [2.24, 2.45) is 0 Å². The first-order chi connectivity index (χ1) is 9.20. The first kappa shape index (κ1) is 12.5. The van der Waals surface area contributed by atoms with E-state index in [0.717, 1.165) is 46.9 Å². The molecule has 0 atom stereocenters. The molecule has 1 N–H and O–H groups in total. The number of imidazole rings is 1. The Morgan fingerprint density at radius 1 is 1.42 bits per heavy atom. The van der Waals surface area contributed by atoms with Crippen molar-refractivity contribution in [2.75, 3.05) is 19.0 Å². The Hall–Kier alpha value is -1.49. The van der Waals surface area contributed by atoms with Crippen LogP contribution < -0.4 is 10.1 Å². The summed E-state index contributed by atoms with van der Waals surface area (Å²) in [4.78, 5) is 4.71. The Labute approximate surface area is 120 Å². The molecule has 0 spiro atoms. The van der Waals surface area contributed by atoms with Crippen LogP contribution in [0.2, 0.25) is 0 Å². The summed E-state index contributed by atoms with van der Waals surface area (Å²) in [6.45, 7) is 4.16. The molecule has 3 rings (SSSR count). The lowest BCUT2D eigenvalue weighted by molar-refractivity contribution is 0.412. The second-order valence-corrected chi connectivity index (χ2v) is 5.51. The number of benzene rings is 1. The number of aromatic nitrogens is 2. The van der Waals surface area contributed by atoms with E-state index in [0.29, 0.717) is 0 Å². The summed E-state index contributed by atoms with van der Waals surface area (Å²) in [5, 5.41) is 3.35. The first-order valence-electron chi connectivity index (χ1n) is 6.35. The number of halogens is 1. The Morgan fingerprint density at radius 3 is 2.95 bits per heavy atom. The summed E-state index contributed by atoms with van der Waals surface area (Å²) in [6.07, 6.45) is 1.15. The van der Waals surface area contributed by atoms with Gasteiger partial charge in [-0.1, -0.05) is 0 Å². The van der Waals surface area contributed by atoms with Crippen LogP contribution in [0.1, 0.15) is 12.1 Å². The molecule has 2 heterocycles. The monoisotopic (exact) mass is 321 g/mol. The predicted molar refractivity (Wildman–Crippen MR) is 79.8 cm³/mol. The highest BCUT2D eigenvalue weighted by Gasteiger charge is 2.18. The van der Waals surface area contributed by atoms with Gasteiger partial charge < -0.3 is 14.6 Å². The highest BCUT2D eigenvalue weighted by molar-refractivity contribution is 9.10. The molecule has 4 nitrogen and oxygen atoms in total. The van der Waals surface area contributed by atoms with E-state index in [1.54, 1.807) is 7.11 Å². The molecule has 0 fully saturated rings. The van der Waals surface area contributed by atoms with Crippen LogP contribution in [0.25, 0.3) is 11.3 Å². The molecule has 0 aliphatic carbocycles. The van der Waals surface area contributed by atoms with Crippen LogP contribution in [-0.2, 0) is 6.54 Å². The van der Waals surface area contributed by atoms with E-state index in [4.69, 9.17) is 9.72 Å². The lowest BCUT2D eigenvalue weighted by Gasteiger charge is -2.16. The van der Waals surface area contributed by atoms with E-state index in [1.807, 2.05) is 12.1 Å². The lowest BCUT2D eigenvalue weighted by Crippen LogP contribution is -2.17. The van der Waals surface area contributed by atoms with Crippen molar-refractivity contribution in [2.45, 2.75) is 19.9 Å². The summed E-state index contributed by atoms with van der Waals surface area (Å²) in [7, 11) is 1.67. The maximum Gasteiger partial charge on any atom is 0.203 e. The predicted octanol–water partition coefficient (Wildman–Crippen LogP) is 3.45. The Bertz CT molecular complexity index is 621. The lowest BCUT2D eigenvalue weighted by atomic mass is 10.1. The van der Waals surface area contributed by atoms with Gasteiger partial charge in [-0.05, 0) is 47.5 Å². The number of fused-ring (bicyclic) bond motifs is 1. The van der Waals surface area contributed by atoms with Gasteiger partial charge >= 0.3 is 0 Å². The van der Waals surface area contributed by atoms with Crippen LogP contribution in [-0.4, -0.2) is 23.2 Å². The van der Waals surface area contributed by atoms with Crippen molar-refractivity contribution in [3.8, 4) is 17.0 Å². The third-order valence-corrected chi connectivity index (χ3v) is 4.11. The van der Waals surface area contributed by atoms with Crippen molar-refractivity contribution in [3.63, 3.8) is 0 Å². The molecule has 2 aromatic rings. The van der Waals surface area contributed by atoms with Gasteiger partial charge in [-0.3, -0.25) is 0 Å². The summed E-state index contributed by atoms with van der Waals surface area (Å²) in [5.74, 6) is 1.81. The maximum absolute atomic E-state index is 5.26. The molecular weight excluding hydrogens is 306 g/mol. The third-order valence-electron chi connectivity index (χ3n) is 3.49. The number of ether oxygens (including phenoxy) is 1. The largest absolute Gasteiger partial charge is 0.496 e. The molecule has 1 aliphatic heterocycles. The number of hydrogen-bond donors (Lipinski definition) is 1. The van der Waals surface area contributed by atoms with E-state index in [2.05, 4.69) is 38.8 Å². The molecule has 1 aromatic carbocycles. The molecule has 0 unspecified atom stereocenters. The fraction of sp³-hybridized carbons (Fsp3) is 0.357. The van der Waals surface area contributed by atoms with E-state index >= 15 is 0 Å². The summed E-state index contributed by atoms with van der Waals surface area (Å²) >= 11 is 3.53. The van der Waals surface area contributed by atoms with Gasteiger partial charge in [-0.15, -0.1) is 0 Å². The van der Waals surface area contributed by atoms with Crippen LogP contribution in [0.3, 0.4) is 0 Å². The fourth-order valence-electron chi connectivity index (χ4n) is 2.47. The van der Waals surface area contributed by atoms with Gasteiger partial charge in [0.2, 0.25) is 5.95 Å². The smallest absolute Gasteiger partial charge is 0.203 e. The second-order valence-electron chi connectivity index (χ2n) is 4.65. The zero-order valence-corrected chi connectivity index (χ0v) is 12.6. The van der Waals surface area contributed by atoms with Gasteiger partial charge in [-0.25, -0.2) is 4.98 Å². The normalized spacial score (nSPS) is 13.8. The molecule has 0 radical (unpaired) electrons. The molecule has 1 aliphatic rings. The molecule has 1 aromatic heterocycles. The fourth-order valence-corrected chi connectivity index (χ4v) is 3.01. The van der Waals surface area contributed by atoms with Crippen LogP contribution >= 0.6 is 15.9 Å². The topological polar surface area (TPSA) is 39.1 Å². The molecule has 5 heteroatoms. The number of nitrogens with one attached hydrogen (secondary N) is 1. The number of nitrogens with zero attached hydrogens (tertiary/aromatic N) is 2. The minimum absolute atomic E-state index is 0.837. The van der Waals surface area contributed by atoms with Crippen molar-refractivity contribution in [3.05, 3.63) is 28.4 Å². The van der Waals surface area contributed by atoms with Gasteiger partial charge in [0.25, 0.3) is 0 Å². The number of rotatable bonds is 2. The third kappa shape index (κ3) is 2.12. The second kappa shape index (κ2) is 4.89. The highest BCUT2D eigenvalue weighted by atomic mass is 79.9. The summed E-state index contributed by atoms with van der Waals surface area (Å²) < 4.78 is 8.46. The van der Waals surface area contributed by atoms with Crippen LogP contribution in [0, 0.1) is 6.92 Å². The minimum atomic E-state index is 0.837. The molecule has 0 amide bonds. The number of hydrogen-bond acceptors (Lipinski definition) is 3. The standard InChI is InChI=1S/C14H16BrN3O/c1-9-13(17-14-16-6-3-7-18(9)14)10-4-5-12(19-2)11(15)8-10/h4-5,8H,3,6-7H2,1-2H3,(H,16,17). The summed E-state index contributed by atoms with van der Waals surface area (Å²) in [5.41, 5.74) is 3.35. The SMILES string of the molecule is COc1ccc(-c2nc3n(c2C)CCCN3)cc1Br. The van der Waals surface area contributed by atoms with Gasteiger partial charge in [0, 0.05) is 24.3 Å². The molecule has 0 bridgehead atoms. The van der Waals surface area contributed by atoms with Crippen molar-refractivity contribution in [1.82, 2.24) is 9.55 Å². The Kier molecular flexibility index (Phi) is 3.22. The molecular formula is C14H16BrN3O. The zero-order valence-electron chi connectivity index (χ0n) is 11.0. The average molecular weight is 322 g/mol. The number of methoxy groups -OCH3 is 1. The van der Waals surface area contributed by atoms with E-state index in [1.165, 1.54) is 5.69 Å². The Balaban J connectivity index is 2.07. The van der Waals surface area contributed by atoms with Crippen molar-refractivity contribution < 1.29 is 4.74 Å². The molecule has 0 saturated carbocycles. The number of anilines is 1. The molecule has 19 heavy (non-hydrogen) atoms. The van der Waals surface area contributed by atoms with Gasteiger partial charge in [-0.2, -0.15) is 0 Å². The van der Waals surface area contributed by atoms with Crippen molar-refractivity contribution >= 4 is 21.9 Å². The quantitative estimate of drug-likeness (QED) is 0.920.